The van der Waals surface area contributed by atoms with Crippen LogP contribution in [0, 0.1) is 0 Å². The molecule has 0 N–H and O–H groups in total. The lowest BCUT2D eigenvalue weighted by molar-refractivity contribution is 0.768. The van der Waals surface area contributed by atoms with Crippen molar-refractivity contribution in [3.05, 3.63) is 235 Å². The normalized spacial score (nSPS) is 12.9. The Labute approximate surface area is 325 Å². The minimum absolute atomic E-state index is 0.504. The first kappa shape index (κ1) is 31.8. The molecule has 0 aliphatic heterocycles. The fourth-order valence-corrected chi connectivity index (χ4v) is 10.4. The molecule has 2 heteroatoms. The zero-order chi connectivity index (χ0) is 36.3. The molecular formula is C53H35NS. The minimum Gasteiger partial charge on any atom is -0.309 e. The molecule has 0 spiro atoms. The Hall–Kier alpha value is -6.74. The second kappa shape index (κ2) is 12.7. The predicted octanol–water partition coefficient (Wildman–Crippen LogP) is 14.7. The van der Waals surface area contributed by atoms with E-state index in [1.165, 1.54) is 75.5 Å². The van der Waals surface area contributed by atoms with Crippen LogP contribution < -0.4 is 4.90 Å². The number of nitrogens with zero attached hydrogens (tertiary/aromatic N) is 1. The maximum absolute atomic E-state index is 2.51. The van der Waals surface area contributed by atoms with Gasteiger partial charge in [-0.05, 0) is 80.7 Å². The van der Waals surface area contributed by atoms with Gasteiger partial charge in [-0.2, -0.15) is 0 Å². The van der Waals surface area contributed by atoms with E-state index in [-0.39, 0.29) is 0 Å². The Morgan fingerprint density at radius 3 is 1.75 bits per heavy atom. The quantitative estimate of drug-likeness (QED) is 0.166. The van der Waals surface area contributed by atoms with Gasteiger partial charge in [-0.3, -0.25) is 0 Å². The highest BCUT2D eigenvalue weighted by Crippen LogP contribution is 2.58. The Kier molecular flexibility index (Phi) is 7.33. The topological polar surface area (TPSA) is 3.24 Å². The Morgan fingerprint density at radius 2 is 0.927 bits per heavy atom. The van der Waals surface area contributed by atoms with Gasteiger partial charge < -0.3 is 4.90 Å². The van der Waals surface area contributed by atoms with Crippen LogP contribution >= 0.6 is 11.3 Å². The van der Waals surface area contributed by atoms with E-state index in [9.17, 15) is 0 Å². The van der Waals surface area contributed by atoms with Gasteiger partial charge in [-0.1, -0.05) is 176 Å². The first-order valence-electron chi connectivity index (χ1n) is 18.9. The summed E-state index contributed by atoms with van der Waals surface area (Å²) in [5.74, 6) is 0. The van der Waals surface area contributed by atoms with Crippen LogP contribution in [-0.4, -0.2) is 0 Å². The maximum atomic E-state index is 2.51. The van der Waals surface area contributed by atoms with E-state index in [4.69, 9.17) is 0 Å². The molecule has 0 bridgehead atoms. The minimum atomic E-state index is -0.504. The highest BCUT2D eigenvalue weighted by molar-refractivity contribution is 7.25. The van der Waals surface area contributed by atoms with E-state index in [0.29, 0.717) is 0 Å². The van der Waals surface area contributed by atoms with Crippen molar-refractivity contribution in [2.75, 3.05) is 4.90 Å². The van der Waals surface area contributed by atoms with Crippen LogP contribution in [0.15, 0.2) is 212 Å². The molecule has 9 aromatic carbocycles. The van der Waals surface area contributed by atoms with Crippen LogP contribution in [0.4, 0.5) is 17.1 Å². The van der Waals surface area contributed by atoms with E-state index >= 15 is 0 Å². The van der Waals surface area contributed by atoms with E-state index in [1.807, 2.05) is 11.3 Å². The third-order valence-corrected chi connectivity index (χ3v) is 12.7. The first-order valence-corrected chi connectivity index (χ1v) is 19.8. The molecule has 1 aliphatic carbocycles. The molecule has 0 atom stereocenters. The van der Waals surface area contributed by atoms with Crippen molar-refractivity contribution in [1.29, 1.82) is 0 Å². The van der Waals surface area contributed by atoms with Crippen LogP contribution in [0.3, 0.4) is 0 Å². The summed E-state index contributed by atoms with van der Waals surface area (Å²) in [6.45, 7) is 0. The van der Waals surface area contributed by atoms with Gasteiger partial charge in [0.05, 0.1) is 16.8 Å². The van der Waals surface area contributed by atoms with Gasteiger partial charge in [0.1, 0.15) is 0 Å². The summed E-state index contributed by atoms with van der Waals surface area (Å²) in [6.07, 6.45) is 0. The molecular weight excluding hydrogens is 683 g/mol. The van der Waals surface area contributed by atoms with Crippen molar-refractivity contribution in [2.24, 2.45) is 0 Å². The molecule has 0 saturated heterocycles. The lowest BCUT2D eigenvalue weighted by Gasteiger charge is -2.35. The largest absolute Gasteiger partial charge is 0.309 e. The van der Waals surface area contributed by atoms with Crippen molar-refractivity contribution in [2.45, 2.75) is 5.41 Å². The van der Waals surface area contributed by atoms with E-state index in [2.05, 4.69) is 217 Å². The van der Waals surface area contributed by atoms with Crippen LogP contribution in [0.25, 0.3) is 53.2 Å². The number of hydrogen-bond donors (Lipinski definition) is 0. The number of para-hydroxylation sites is 1. The first-order chi connectivity index (χ1) is 27.3. The number of benzene rings is 9. The summed E-state index contributed by atoms with van der Waals surface area (Å²) in [4.78, 5) is 2.51. The van der Waals surface area contributed by atoms with Gasteiger partial charge in [-0.25, -0.2) is 0 Å². The molecule has 55 heavy (non-hydrogen) atoms. The third-order valence-electron chi connectivity index (χ3n) is 11.5. The van der Waals surface area contributed by atoms with Crippen LogP contribution in [-0.2, 0) is 5.41 Å². The molecule has 1 aromatic heterocycles. The zero-order valence-corrected chi connectivity index (χ0v) is 30.9. The lowest BCUT2D eigenvalue weighted by atomic mass is 9.67. The molecule has 1 aliphatic rings. The van der Waals surface area contributed by atoms with E-state index in [1.54, 1.807) is 0 Å². The number of anilines is 3. The second-order valence-electron chi connectivity index (χ2n) is 14.4. The van der Waals surface area contributed by atoms with Crippen LogP contribution in [0.2, 0.25) is 0 Å². The summed E-state index contributed by atoms with van der Waals surface area (Å²) in [5.41, 5.74) is 13.0. The molecule has 0 amide bonds. The second-order valence-corrected chi connectivity index (χ2v) is 15.5. The lowest BCUT2D eigenvalue weighted by Crippen LogP contribution is -2.28. The Balaban J connectivity index is 1.23. The van der Waals surface area contributed by atoms with E-state index < -0.39 is 5.41 Å². The third kappa shape index (κ3) is 4.78. The Morgan fingerprint density at radius 1 is 0.364 bits per heavy atom. The van der Waals surface area contributed by atoms with Crippen LogP contribution in [0.5, 0.6) is 0 Å². The number of hydrogen-bond acceptors (Lipinski definition) is 2. The van der Waals surface area contributed by atoms with Crippen molar-refractivity contribution in [1.82, 2.24) is 0 Å². The summed E-state index contributed by atoms with van der Waals surface area (Å²) in [5, 5.41) is 5.03. The van der Waals surface area contributed by atoms with Crippen molar-refractivity contribution in [3.8, 4) is 22.3 Å². The molecule has 0 fully saturated rings. The summed E-state index contributed by atoms with van der Waals surface area (Å²) >= 11 is 1.87. The fourth-order valence-electron chi connectivity index (χ4n) is 9.28. The predicted molar refractivity (Wildman–Crippen MR) is 234 cm³/mol. The average molecular weight is 718 g/mol. The molecule has 10 aromatic rings. The van der Waals surface area contributed by atoms with Crippen molar-refractivity contribution in [3.63, 3.8) is 0 Å². The fraction of sp³-hybridized carbons (Fsp3) is 0.0189. The van der Waals surface area contributed by atoms with Gasteiger partial charge in [0, 0.05) is 36.8 Å². The van der Waals surface area contributed by atoms with Gasteiger partial charge in [-0.15, -0.1) is 11.3 Å². The standard InChI is InChI=1S/C53H35NS/c1-3-19-37(20-4-1)53(38-21-5-2-6-22-38)46-28-12-9-24-41(46)42-34-33-39(35-47(42)53)54(48-30-15-18-36-17-7-8-23-40(36)48)49-29-13-10-25-43(49)44-27-16-32-51-52(44)45-26-11-14-31-50(45)55-51/h1-35H. The molecule has 0 unspecified atom stereocenters. The molecule has 1 nitrogen and oxygen atoms in total. The van der Waals surface area contributed by atoms with Gasteiger partial charge in [0.25, 0.3) is 0 Å². The molecule has 0 saturated carbocycles. The maximum Gasteiger partial charge on any atom is 0.0714 e. The van der Waals surface area contributed by atoms with Gasteiger partial charge in [0.15, 0.2) is 0 Å². The highest BCUT2D eigenvalue weighted by Gasteiger charge is 2.46. The van der Waals surface area contributed by atoms with Crippen LogP contribution in [0.1, 0.15) is 22.3 Å². The molecule has 258 valence electrons. The van der Waals surface area contributed by atoms with E-state index in [0.717, 1.165) is 17.1 Å². The SMILES string of the molecule is c1ccc(C2(c3ccccc3)c3ccccc3-c3ccc(N(c4ccccc4-c4cccc5sc6ccccc6c45)c4cccc5ccccc45)cc32)cc1. The zero-order valence-electron chi connectivity index (χ0n) is 30.1. The monoisotopic (exact) mass is 717 g/mol. The number of fused-ring (bicyclic) bond motifs is 7. The van der Waals surface area contributed by atoms with Gasteiger partial charge >= 0.3 is 0 Å². The highest BCUT2D eigenvalue weighted by atomic mass is 32.1. The number of thiophene rings is 1. The molecule has 0 radical (unpaired) electrons. The Bertz CT molecular complexity index is 3000. The average Bonchev–Trinajstić information content (AvgIpc) is 3.79. The van der Waals surface area contributed by atoms with Gasteiger partial charge in [0.2, 0.25) is 0 Å². The number of rotatable bonds is 6. The molecule has 1 heterocycles. The summed E-state index contributed by atoms with van der Waals surface area (Å²) in [6, 6.07) is 78.4. The molecule has 11 rings (SSSR count). The van der Waals surface area contributed by atoms with Crippen molar-refractivity contribution >= 4 is 59.3 Å². The summed E-state index contributed by atoms with van der Waals surface area (Å²) in [7, 11) is 0. The van der Waals surface area contributed by atoms with Crippen molar-refractivity contribution < 1.29 is 0 Å². The summed E-state index contributed by atoms with van der Waals surface area (Å²) < 4.78 is 2.61. The smallest absolute Gasteiger partial charge is 0.0714 e.